The summed E-state index contributed by atoms with van der Waals surface area (Å²) in [5.41, 5.74) is 0.892. The molecule has 2 fully saturated rings. The van der Waals surface area contributed by atoms with Crippen LogP contribution in [0, 0.1) is 0 Å². The molecule has 4 nitrogen and oxygen atoms in total. The number of nitrogens with zero attached hydrogens (tertiary/aromatic N) is 1. The first-order valence-corrected chi connectivity index (χ1v) is 10.4. The van der Waals surface area contributed by atoms with Gasteiger partial charge in [-0.05, 0) is 42.9 Å². The fraction of sp³-hybridized carbons (Fsp3) is 0.684. The van der Waals surface area contributed by atoms with Crippen LogP contribution in [0.3, 0.4) is 0 Å². The molecular weight excluding hydrogens is 322 g/mol. The van der Waals surface area contributed by atoms with Crippen molar-refractivity contribution >= 4 is 10.0 Å². The third kappa shape index (κ3) is 3.39. The maximum atomic E-state index is 13.1. The van der Waals surface area contributed by atoms with Crippen LogP contribution in [0.1, 0.15) is 58.9 Å². The first kappa shape index (κ1) is 17.9. The molecule has 1 aliphatic heterocycles. The zero-order valence-corrected chi connectivity index (χ0v) is 16.0. The summed E-state index contributed by atoms with van der Waals surface area (Å²) >= 11 is 0. The van der Waals surface area contributed by atoms with Crippen molar-refractivity contribution in [2.75, 3.05) is 13.1 Å². The van der Waals surface area contributed by atoms with Crippen molar-refractivity contribution in [3.05, 3.63) is 29.8 Å². The smallest absolute Gasteiger partial charge is 0.243 e. The van der Waals surface area contributed by atoms with E-state index in [0.29, 0.717) is 18.0 Å². The molecule has 0 radical (unpaired) electrons. The molecule has 2 aliphatic rings. The molecule has 0 N–H and O–H groups in total. The number of hydrogen-bond donors (Lipinski definition) is 0. The summed E-state index contributed by atoms with van der Waals surface area (Å²) < 4.78 is 34.0. The van der Waals surface area contributed by atoms with Crippen molar-refractivity contribution < 1.29 is 13.2 Å². The van der Waals surface area contributed by atoms with Crippen LogP contribution in [-0.2, 0) is 20.2 Å². The Balaban J connectivity index is 1.86. The van der Waals surface area contributed by atoms with Crippen molar-refractivity contribution in [3.63, 3.8) is 0 Å². The monoisotopic (exact) mass is 351 g/mol. The van der Waals surface area contributed by atoms with E-state index in [-0.39, 0.29) is 17.1 Å². The predicted octanol–water partition coefficient (Wildman–Crippen LogP) is 3.71. The molecule has 1 saturated carbocycles. The van der Waals surface area contributed by atoms with E-state index < -0.39 is 10.0 Å². The van der Waals surface area contributed by atoms with Crippen molar-refractivity contribution in [2.45, 2.75) is 75.4 Å². The molecule has 134 valence electrons. The number of sulfonamides is 1. The third-order valence-corrected chi connectivity index (χ3v) is 7.08. The Morgan fingerprint density at radius 1 is 1.12 bits per heavy atom. The van der Waals surface area contributed by atoms with Crippen LogP contribution < -0.4 is 0 Å². The number of benzene rings is 1. The van der Waals surface area contributed by atoms with E-state index in [4.69, 9.17) is 4.74 Å². The van der Waals surface area contributed by atoms with Gasteiger partial charge in [0.15, 0.2) is 0 Å². The van der Waals surface area contributed by atoms with Gasteiger partial charge in [0.2, 0.25) is 10.0 Å². The molecule has 1 spiro atoms. The number of morpholine rings is 1. The Hall–Kier alpha value is -0.910. The molecule has 3 rings (SSSR count). The molecule has 0 aromatic heterocycles. The van der Waals surface area contributed by atoms with Gasteiger partial charge in [-0.1, -0.05) is 45.7 Å². The summed E-state index contributed by atoms with van der Waals surface area (Å²) in [7, 11) is -3.47. The zero-order valence-electron chi connectivity index (χ0n) is 15.2. The lowest BCUT2D eigenvalue weighted by molar-refractivity contribution is -0.126. The molecule has 1 unspecified atom stereocenters. The van der Waals surface area contributed by atoms with Gasteiger partial charge in [0.1, 0.15) is 0 Å². The third-order valence-electron chi connectivity index (χ3n) is 5.25. The van der Waals surface area contributed by atoms with E-state index in [1.54, 1.807) is 16.4 Å². The average molecular weight is 352 g/mol. The summed E-state index contributed by atoms with van der Waals surface area (Å²) in [5, 5.41) is 0. The Labute approximate surface area is 146 Å². The maximum Gasteiger partial charge on any atom is 0.243 e. The van der Waals surface area contributed by atoms with Crippen LogP contribution in [0.4, 0.5) is 0 Å². The van der Waals surface area contributed by atoms with Crippen molar-refractivity contribution in [3.8, 4) is 0 Å². The molecule has 1 aliphatic carbocycles. The van der Waals surface area contributed by atoms with Gasteiger partial charge in [0.05, 0.1) is 16.6 Å². The van der Waals surface area contributed by atoms with Gasteiger partial charge < -0.3 is 4.74 Å². The summed E-state index contributed by atoms with van der Waals surface area (Å²) in [4.78, 5) is 0.387. The molecule has 1 aromatic carbocycles. The summed E-state index contributed by atoms with van der Waals surface area (Å²) in [5.74, 6) is 0. The molecule has 0 amide bonds. The lowest BCUT2D eigenvalue weighted by Gasteiger charge is -2.43. The van der Waals surface area contributed by atoms with E-state index in [0.717, 1.165) is 31.2 Å². The van der Waals surface area contributed by atoms with Gasteiger partial charge in [0, 0.05) is 13.1 Å². The van der Waals surface area contributed by atoms with Gasteiger partial charge in [-0.2, -0.15) is 4.31 Å². The fourth-order valence-electron chi connectivity index (χ4n) is 3.93. The van der Waals surface area contributed by atoms with E-state index in [1.165, 1.54) is 0 Å². The van der Waals surface area contributed by atoms with E-state index >= 15 is 0 Å². The number of ether oxygens (including phenoxy) is 1. The summed E-state index contributed by atoms with van der Waals surface area (Å²) in [6.45, 7) is 9.29. The second kappa shape index (κ2) is 6.11. The second-order valence-corrected chi connectivity index (χ2v) is 10.3. The lowest BCUT2D eigenvalue weighted by atomic mass is 9.87. The normalized spacial score (nSPS) is 25.2. The lowest BCUT2D eigenvalue weighted by Crippen LogP contribution is -2.55. The minimum atomic E-state index is -3.47. The molecule has 5 heteroatoms. The highest BCUT2D eigenvalue weighted by molar-refractivity contribution is 7.89. The van der Waals surface area contributed by atoms with Crippen molar-refractivity contribution in [2.24, 2.45) is 0 Å². The molecule has 24 heavy (non-hydrogen) atoms. The first-order valence-electron chi connectivity index (χ1n) is 8.91. The Morgan fingerprint density at radius 2 is 1.71 bits per heavy atom. The van der Waals surface area contributed by atoms with Crippen LogP contribution in [0.15, 0.2) is 29.2 Å². The largest absolute Gasteiger partial charge is 0.369 e. The molecule has 1 saturated heterocycles. The Morgan fingerprint density at radius 3 is 2.25 bits per heavy atom. The van der Waals surface area contributed by atoms with Crippen LogP contribution in [-0.4, -0.2) is 37.5 Å². The number of rotatable bonds is 2. The van der Waals surface area contributed by atoms with E-state index in [9.17, 15) is 8.42 Å². The standard InChI is InChI=1S/C19H29NO3S/c1-15-13-20(14-19(23-15)11-5-6-12-19)24(21,22)17-9-7-16(8-10-17)18(2,3)4/h7-10,15H,5-6,11-14H2,1-4H3. The quantitative estimate of drug-likeness (QED) is 0.816. The van der Waals surface area contributed by atoms with Crippen LogP contribution in [0.25, 0.3) is 0 Å². The highest BCUT2D eigenvalue weighted by Gasteiger charge is 2.45. The summed E-state index contributed by atoms with van der Waals surface area (Å²) in [6.07, 6.45) is 4.13. The summed E-state index contributed by atoms with van der Waals surface area (Å²) in [6, 6.07) is 7.36. The maximum absolute atomic E-state index is 13.1. The van der Waals surface area contributed by atoms with E-state index in [2.05, 4.69) is 20.8 Å². The van der Waals surface area contributed by atoms with Crippen LogP contribution in [0.2, 0.25) is 0 Å². The molecule has 1 heterocycles. The van der Waals surface area contributed by atoms with Gasteiger partial charge >= 0.3 is 0 Å². The van der Waals surface area contributed by atoms with Gasteiger partial charge in [-0.3, -0.25) is 0 Å². The topological polar surface area (TPSA) is 46.6 Å². The molecule has 1 atom stereocenters. The van der Waals surface area contributed by atoms with Gasteiger partial charge in [-0.15, -0.1) is 0 Å². The predicted molar refractivity (Wildman–Crippen MR) is 95.6 cm³/mol. The van der Waals surface area contributed by atoms with Gasteiger partial charge in [-0.25, -0.2) is 8.42 Å². The highest BCUT2D eigenvalue weighted by Crippen LogP contribution is 2.39. The zero-order chi connectivity index (χ0) is 17.6. The Kier molecular flexibility index (Phi) is 4.56. The second-order valence-electron chi connectivity index (χ2n) is 8.39. The molecule has 0 bridgehead atoms. The Bertz CT molecular complexity index is 682. The fourth-order valence-corrected chi connectivity index (χ4v) is 5.52. The van der Waals surface area contributed by atoms with Gasteiger partial charge in [0.25, 0.3) is 0 Å². The molecule has 1 aromatic rings. The highest BCUT2D eigenvalue weighted by atomic mass is 32.2. The molecular formula is C19H29NO3S. The SMILES string of the molecule is CC1CN(S(=O)(=O)c2ccc(C(C)(C)C)cc2)CC2(CCCC2)O1. The van der Waals surface area contributed by atoms with Crippen molar-refractivity contribution in [1.29, 1.82) is 0 Å². The average Bonchev–Trinajstić information content (AvgIpc) is 2.93. The minimum Gasteiger partial charge on any atom is -0.369 e. The van der Waals surface area contributed by atoms with Crippen LogP contribution in [0.5, 0.6) is 0 Å². The number of hydrogen-bond acceptors (Lipinski definition) is 3. The first-order chi connectivity index (χ1) is 11.1. The van der Waals surface area contributed by atoms with E-state index in [1.807, 2.05) is 19.1 Å². The van der Waals surface area contributed by atoms with Crippen molar-refractivity contribution in [1.82, 2.24) is 4.31 Å². The minimum absolute atomic E-state index is 0.0175. The van der Waals surface area contributed by atoms with Crippen LogP contribution >= 0.6 is 0 Å².